The fourth-order valence-corrected chi connectivity index (χ4v) is 3.97. The van der Waals surface area contributed by atoms with Crippen molar-refractivity contribution >= 4 is 33.0 Å². The number of carbonyl (C=O) groups is 1. The highest BCUT2D eigenvalue weighted by Crippen LogP contribution is 2.34. The van der Waals surface area contributed by atoms with Crippen LogP contribution in [0.3, 0.4) is 0 Å². The molecule has 5 nitrogen and oxygen atoms in total. The van der Waals surface area contributed by atoms with Crippen LogP contribution in [0.2, 0.25) is 0 Å². The molecule has 2 rings (SSSR count). The summed E-state index contributed by atoms with van der Waals surface area (Å²) in [6.07, 6.45) is -4.61. The number of aromatic carboxylic acids is 1. The zero-order chi connectivity index (χ0) is 17.4. The first-order chi connectivity index (χ1) is 10.5. The van der Waals surface area contributed by atoms with Gasteiger partial charge in [-0.1, -0.05) is 6.07 Å². The van der Waals surface area contributed by atoms with E-state index in [0.717, 1.165) is 18.2 Å². The number of anilines is 1. The van der Waals surface area contributed by atoms with E-state index in [1.54, 1.807) is 0 Å². The van der Waals surface area contributed by atoms with Crippen LogP contribution in [0.15, 0.2) is 34.5 Å². The van der Waals surface area contributed by atoms with Crippen LogP contribution in [0.1, 0.15) is 20.8 Å². The summed E-state index contributed by atoms with van der Waals surface area (Å²) in [7, 11) is -4.16. The van der Waals surface area contributed by atoms with Gasteiger partial charge in [0.25, 0.3) is 10.0 Å². The van der Waals surface area contributed by atoms with Gasteiger partial charge in [-0.15, -0.1) is 11.3 Å². The van der Waals surface area contributed by atoms with Crippen LogP contribution in [0, 0.1) is 6.92 Å². The average Bonchev–Trinajstić information content (AvgIpc) is 2.90. The number of carboxylic acids is 1. The highest BCUT2D eigenvalue weighted by molar-refractivity contribution is 7.94. The van der Waals surface area contributed by atoms with Gasteiger partial charge < -0.3 is 5.11 Å². The lowest BCUT2D eigenvalue weighted by molar-refractivity contribution is -0.138. The smallest absolute Gasteiger partial charge is 0.416 e. The molecule has 2 N–H and O–H groups in total. The molecule has 0 saturated heterocycles. The van der Waals surface area contributed by atoms with Crippen molar-refractivity contribution in [3.8, 4) is 0 Å². The van der Waals surface area contributed by atoms with Crippen molar-refractivity contribution in [3.05, 3.63) is 46.3 Å². The van der Waals surface area contributed by atoms with Gasteiger partial charge in [0.05, 0.1) is 5.56 Å². The second-order valence-electron chi connectivity index (χ2n) is 4.56. The molecule has 0 fully saturated rings. The fourth-order valence-electron chi connectivity index (χ4n) is 1.78. The summed E-state index contributed by atoms with van der Waals surface area (Å²) < 4.78 is 64.4. The van der Waals surface area contributed by atoms with Gasteiger partial charge in [-0.05, 0) is 36.8 Å². The van der Waals surface area contributed by atoms with Crippen LogP contribution in [-0.4, -0.2) is 19.5 Å². The van der Waals surface area contributed by atoms with Crippen molar-refractivity contribution in [2.24, 2.45) is 0 Å². The maximum Gasteiger partial charge on any atom is 0.416 e. The minimum atomic E-state index is -4.61. The molecule has 0 bridgehead atoms. The molecule has 0 aliphatic rings. The number of carboxylic acid groups (broad SMARTS) is 1. The molecule has 2 aromatic rings. The molecule has 0 radical (unpaired) electrons. The Labute approximate surface area is 133 Å². The molecule has 0 unspecified atom stereocenters. The van der Waals surface area contributed by atoms with Gasteiger partial charge in [0.15, 0.2) is 0 Å². The summed E-state index contributed by atoms with van der Waals surface area (Å²) in [4.78, 5) is 10.6. The molecule has 0 saturated carbocycles. The Morgan fingerprint density at radius 1 is 1.22 bits per heavy atom. The Kier molecular flexibility index (Phi) is 4.40. The number of thiophene rings is 1. The van der Waals surface area contributed by atoms with E-state index in [2.05, 4.69) is 0 Å². The molecule has 0 aliphatic heterocycles. The molecule has 0 atom stereocenters. The molecule has 124 valence electrons. The molecule has 10 heteroatoms. The van der Waals surface area contributed by atoms with Crippen molar-refractivity contribution in [2.75, 3.05) is 4.72 Å². The Bertz CT molecular complexity index is 856. The standard InChI is InChI=1S/C13H10F3NO4S2/c1-7-2-3-8(6-9(7)13(14,15)16)17-23(20,21)11-5-4-10(22-11)12(18)19/h2-6,17H,1H3,(H,18,19). The van der Waals surface area contributed by atoms with Crippen molar-refractivity contribution in [3.63, 3.8) is 0 Å². The number of nitrogens with one attached hydrogen (secondary N) is 1. The van der Waals surface area contributed by atoms with Crippen molar-refractivity contribution < 1.29 is 31.5 Å². The summed E-state index contributed by atoms with van der Waals surface area (Å²) in [6, 6.07) is 5.23. The van der Waals surface area contributed by atoms with Crippen molar-refractivity contribution in [1.29, 1.82) is 0 Å². The molecular formula is C13H10F3NO4S2. The van der Waals surface area contributed by atoms with E-state index in [-0.39, 0.29) is 20.3 Å². The van der Waals surface area contributed by atoms with Gasteiger partial charge in [0.2, 0.25) is 0 Å². The largest absolute Gasteiger partial charge is 0.477 e. The van der Waals surface area contributed by atoms with Gasteiger partial charge in [-0.3, -0.25) is 4.72 Å². The predicted octanol–water partition coefficient (Wildman–Crippen LogP) is 3.57. The second-order valence-corrected chi connectivity index (χ2v) is 7.55. The van der Waals surface area contributed by atoms with Crippen LogP contribution in [0.25, 0.3) is 0 Å². The van der Waals surface area contributed by atoms with Crippen LogP contribution in [0.5, 0.6) is 0 Å². The number of halogens is 3. The van der Waals surface area contributed by atoms with Crippen molar-refractivity contribution in [2.45, 2.75) is 17.3 Å². The second kappa shape index (κ2) is 5.85. The molecular weight excluding hydrogens is 355 g/mol. The molecule has 1 aromatic carbocycles. The minimum absolute atomic E-state index is 0.0373. The number of aryl methyl sites for hydroxylation is 1. The number of alkyl halides is 3. The third-order valence-electron chi connectivity index (χ3n) is 2.85. The van der Waals surface area contributed by atoms with Crippen LogP contribution < -0.4 is 4.72 Å². The first kappa shape index (κ1) is 17.3. The Hall–Kier alpha value is -2.07. The van der Waals surface area contributed by atoms with E-state index in [9.17, 15) is 26.4 Å². The average molecular weight is 365 g/mol. The fraction of sp³-hybridized carbons (Fsp3) is 0.154. The summed E-state index contributed by atoms with van der Waals surface area (Å²) in [5.74, 6) is -1.29. The normalized spacial score (nSPS) is 12.2. The SMILES string of the molecule is Cc1ccc(NS(=O)(=O)c2ccc(C(=O)O)s2)cc1C(F)(F)F. The first-order valence-corrected chi connectivity index (χ1v) is 8.34. The van der Waals surface area contributed by atoms with Gasteiger partial charge >= 0.3 is 12.1 Å². The molecule has 1 aromatic heterocycles. The number of rotatable bonds is 4. The zero-order valence-corrected chi connectivity index (χ0v) is 13.1. The quantitative estimate of drug-likeness (QED) is 0.868. The summed E-state index contributed by atoms with van der Waals surface area (Å²) in [5.41, 5.74) is -1.24. The number of hydrogen-bond acceptors (Lipinski definition) is 4. The zero-order valence-electron chi connectivity index (χ0n) is 11.5. The summed E-state index contributed by atoms with van der Waals surface area (Å²) >= 11 is 0.508. The Morgan fingerprint density at radius 3 is 2.39 bits per heavy atom. The summed E-state index contributed by atoms with van der Waals surface area (Å²) in [5, 5.41) is 8.78. The van der Waals surface area contributed by atoms with E-state index in [1.807, 2.05) is 4.72 Å². The molecule has 23 heavy (non-hydrogen) atoms. The molecule has 0 amide bonds. The maximum absolute atomic E-state index is 12.8. The first-order valence-electron chi connectivity index (χ1n) is 6.04. The van der Waals surface area contributed by atoms with Gasteiger partial charge in [-0.2, -0.15) is 13.2 Å². The highest BCUT2D eigenvalue weighted by Gasteiger charge is 2.33. The van der Waals surface area contributed by atoms with Gasteiger partial charge in [0.1, 0.15) is 9.09 Å². The lowest BCUT2D eigenvalue weighted by atomic mass is 10.1. The van der Waals surface area contributed by atoms with Gasteiger partial charge in [-0.25, -0.2) is 13.2 Å². The van der Waals surface area contributed by atoms with E-state index >= 15 is 0 Å². The topological polar surface area (TPSA) is 83.5 Å². The van der Waals surface area contributed by atoms with Crippen LogP contribution in [0.4, 0.5) is 18.9 Å². The van der Waals surface area contributed by atoms with Gasteiger partial charge in [0, 0.05) is 5.69 Å². The summed E-state index contributed by atoms with van der Waals surface area (Å²) in [6.45, 7) is 1.26. The number of benzene rings is 1. The number of hydrogen-bond donors (Lipinski definition) is 2. The molecule has 0 spiro atoms. The highest BCUT2D eigenvalue weighted by atomic mass is 32.2. The third kappa shape index (κ3) is 3.82. The van der Waals surface area contributed by atoms with E-state index in [4.69, 9.17) is 5.11 Å². The predicted molar refractivity (Wildman–Crippen MR) is 78.3 cm³/mol. The third-order valence-corrected chi connectivity index (χ3v) is 5.80. The van der Waals surface area contributed by atoms with E-state index in [0.29, 0.717) is 17.4 Å². The molecule has 1 heterocycles. The van der Waals surface area contributed by atoms with Crippen LogP contribution >= 0.6 is 11.3 Å². The Morgan fingerprint density at radius 2 is 1.87 bits per heavy atom. The van der Waals surface area contributed by atoms with E-state index in [1.165, 1.54) is 13.0 Å². The lowest BCUT2D eigenvalue weighted by Crippen LogP contribution is -2.13. The lowest BCUT2D eigenvalue weighted by Gasteiger charge is -2.13. The van der Waals surface area contributed by atoms with E-state index < -0.39 is 27.7 Å². The monoisotopic (exact) mass is 365 g/mol. The number of sulfonamides is 1. The van der Waals surface area contributed by atoms with Crippen LogP contribution in [-0.2, 0) is 16.2 Å². The Balaban J connectivity index is 2.35. The minimum Gasteiger partial charge on any atom is -0.477 e. The van der Waals surface area contributed by atoms with Crippen molar-refractivity contribution in [1.82, 2.24) is 0 Å². The molecule has 0 aliphatic carbocycles. The maximum atomic E-state index is 12.8.